The van der Waals surface area contributed by atoms with Gasteiger partial charge in [0.2, 0.25) is 0 Å². The smallest absolute Gasteiger partial charge is 0.147 e. The molecule has 0 amide bonds. The van der Waals surface area contributed by atoms with Crippen molar-refractivity contribution < 1.29 is 13.5 Å². The van der Waals surface area contributed by atoms with Crippen molar-refractivity contribution in [3.05, 3.63) is 28.8 Å². The van der Waals surface area contributed by atoms with Crippen LogP contribution in [-0.4, -0.2) is 32.1 Å². The average Bonchev–Trinajstić information content (AvgIpc) is 2.20. The fourth-order valence-electron chi connectivity index (χ4n) is 1.40. The monoisotopic (exact) mass is 277 g/mol. The summed E-state index contributed by atoms with van der Waals surface area (Å²) < 4.78 is 21.8. The largest absolute Gasteiger partial charge is 0.508 e. The molecule has 0 aliphatic rings. The van der Waals surface area contributed by atoms with Gasteiger partial charge in [-0.3, -0.25) is 0 Å². The second-order valence-corrected chi connectivity index (χ2v) is 6.56. The highest BCUT2D eigenvalue weighted by Crippen LogP contribution is 2.24. The van der Waals surface area contributed by atoms with Crippen molar-refractivity contribution in [3.63, 3.8) is 0 Å². The van der Waals surface area contributed by atoms with Crippen LogP contribution < -0.4 is 5.32 Å². The minimum Gasteiger partial charge on any atom is -0.508 e. The summed E-state index contributed by atoms with van der Waals surface area (Å²) in [6.07, 6.45) is 1.76. The molecular weight excluding hydrogens is 262 g/mol. The van der Waals surface area contributed by atoms with Crippen LogP contribution in [0.3, 0.4) is 0 Å². The fourth-order valence-corrected chi connectivity index (χ4v) is 2.30. The molecule has 0 saturated carbocycles. The van der Waals surface area contributed by atoms with Crippen LogP contribution in [0.2, 0.25) is 5.02 Å². The molecule has 4 nitrogen and oxygen atoms in total. The van der Waals surface area contributed by atoms with Crippen LogP contribution >= 0.6 is 11.6 Å². The van der Waals surface area contributed by atoms with Crippen molar-refractivity contribution in [3.8, 4) is 5.75 Å². The first kappa shape index (κ1) is 14.3. The summed E-state index contributed by atoms with van der Waals surface area (Å²) in [5.41, 5.74) is 0.633. The van der Waals surface area contributed by atoms with Crippen molar-refractivity contribution in [1.82, 2.24) is 5.32 Å². The van der Waals surface area contributed by atoms with Crippen LogP contribution in [0.25, 0.3) is 0 Å². The van der Waals surface area contributed by atoms with Crippen LogP contribution in [0.15, 0.2) is 18.2 Å². The maximum Gasteiger partial charge on any atom is 0.147 e. The van der Waals surface area contributed by atoms with Crippen molar-refractivity contribution in [2.75, 3.05) is 18.6 Å². The van der Waals surface area contributed by atoms with Gasteiger partial charge in [0, 0.05) is 23.4 Å². The summed E-state index contributed by atoms with van der Waals surface area (Å²) >= 11 is 5.92. The first-order valence-electron chi connectivity index (χ1n) is 5.25. The van der Waals surface area contributed by atoms with E-state index in [9.17, 15) is 13.5 Å². The third-order valence-electron chi connectivity index (χ3n) is 2.26. The Balaban J connectivity index is 2.37. The highest BCUT2D eigenvalue weighted by molar-refractivity contribution is 7.90. The number of hydrogen-bond donors (Lipinski definition) is 2. The minimum absolute atomic E-state index is 0.146. The number of phenolic OH excluding ortho intramolecular Hbond substituents is 1. The molecule has 1 aromatic rings. The van der Waals surface area contributed by atoms with Crippen molar-refractivity contribution in [2.45, 2.75) is 13.0 Å². The van der Waals surface area contributed by atoms with Gasteiger partial charge in [0.1, 0.15) is 15.6 Å². The molecular formula is C11H16ClNO3S. The summed E-state index contributed by atoms with van der Waals surface area (Å²) in [5, 5.41) is 13.1. The van der Waals surface area contributed by atoms with Crippen LogP contribution in [-0.2, 0) is 16.4 Å². The Bertz CT molecular complexity index is 453. The number of hydrogen-bond acceptors (Lipinski definition) is 4. The van der Waals surface area contributed by atoms with E-state index in [0.29, 0.717) is 30.1 Å². The minimum atomic E-state index is -2.90. The summed E-state index contributed by atoms with van der Waals surface area (Å²) in [6, 6.07) is 4.94. The molecule has 17 heavy (non-hydrogen) atoms. The van der Waals surface area contributed by atoms with Gasteiger partial charge >= 0.3 is 0 Å². The zero-order valence-corrected chi connectivity index (χ0v) is 11.2. The lowest BCUT2D eigenvalue weighted by molar-refractivity contribution is 0.464. The molecule has 0 radical (unpaired) electrons. The van der Waals surface area contributed by atoms with E-state index >= 15 is 0 Å². The van der Waals surface area contributed by atoms with Gasteiger partial charge in [-0.2, -0.15) is 0 Å². The van der Waals surface area contributed by atoms with Gasteiger partial charge in [-0.1, -0.05) is 17.7 Å². The zero-order chi connectivity index (χ0) is 12.9. The quantitative estimate of drug-likeness (QED) is 0.775. The van der Waals surface area contributed by atoms with Crippen molar-refractivity contribution in [2.24, 2.45) is 0 Å². The van der Waals surface area contributed by atoms with Crippen molar-refractivity contribution >= 4 is 21.4 Å². The third kappa shape index (κ3) is 5.39. The molecule has 0 aromatic heterocycles. The maximum atomic E-state index is 10.9. The maximum absolute atomic E-state index is 10.9. The Labute approximate surface area is 107 Å². The number of rotatable bonds is 6. The van der Waals surface area contributed by atoms with Crippen LogP contribution in [0.4, 0.5) is 0 Å². The zero-order valence-electron chi connectivity index (χ0n) is 9.61. The number of phenols is 1. The Morgan fingerprint density at radius 2 is 2.12 bits per heavy atom. The first-order chi connectivity index (χ1) is 7.90. The Morgan fingerprint density at radius 3 is 2.71 bits per heavy atom. The van der Waals surface area contributed by atoms with Gasteiger partial charge in [-0.05, 0) is 25.1 Å². The molecule has 0 fully saturated rings. The summed E-state index contributed by atoms with van der Waals surface area (Å²) in [5.74, 6) is 0.308. The SMILES string of the molecule is CS(=O)(=O)CCCNCc1c(O)cccc1Cl. The molecule has 2 N–H and O–H groups in total. The van der Waals surface area contributed by atoms with E-state index in [1.807, 2.05) is 0 Å². The highest BCUT2D eigenvalue weighted by atomic mass is 35.5. The van der Waals surface area contributed by atoms with Gasteiger partial charge in [-0.15, -0.1) is 0 Å². The van der Waals surface area contributed by atoms with Gasteiger partial charge in [0.15, 0.2) is 0 Å². The topological polar surface area (TPSA) is 66.4 Å². The highest BCUT2D eigenvalue weighted by Gasteiger charge is 2.05. The van der Waals surface area contributed by atoms with Gasteiger partial charge in [0.05, 0.1) is 5.75 Å². The Morgan fingerprint density at radius 1 is 1.41 bits per heavy atom. The van der Waals surface area contributed by atoms with Gasteiger partial charge in [0.25, 0.3) is 0 Å². The van der Waals surface area contributed by atoms with E-state index in [1.165, 1.54) is 6.26 Å². The van der Waals surface area contributed by atoms with E-state index in [-0.39, 0.29) is 11.5 Å². The standard InChI is InChI=1S/C11H16ClNO3S/c1-17(15,16)7-3-6-13-8-9-10(12)4-2-5-11(9)14/h2,4-5,13-14H,3,6-8H2,1H3. The Kier molecular flexibility index (Phi) is 5.24. The first-order valence-corrected chi connectivity index (χ1v) is 7.69. The molecule has 1 aromatic carbocycles. The molecule has 0 aliphatic carbocycles. The number of sulfone groups is 1. The number of benzene rings is 1. The fraction of sp³-hybridized carbons (Fsp3) is 0.455. The molecule has 0 unspecified atom stereocenters. The summed E-state index contributed by atoms with van der Waals surface area (Å²) in [7, 11) is -2.90. The van der Waals surface area contributed by atoms with Crippen LogP contribution in [0.5, 0.6) is 5.75 Å². The lowest BCUT2D eigenvalue weighted by atomic mass is 10.2. The molecule has 0 saturated heterocycles. The third-order valence-corrected chi connectivity index (χ3v) is 3.65. The second-order valence-electron chi connectivity index (χ2n) is 3.90. The second kappa shape index (κ2) is 6.23. The van der Waals surface area contributed by atoms with Crippen molar-refractivity contribution in [1.29, 1.82) is 0 Å². The van der Waals surface area contributed by atoms with E-state index in [1.54, 1.807) is 18.2 Å². The molecule has 0 heterocycles. The number of halogens is 1. The number of aromatic hydroxyl groups is 1. The lowest BCUT2D eigenvalue weighted by Gasteiger charge is -2.08. The average molecular weight is 278 g/mol. The van der Waals surface area contributed by atoms with E-state index in [4.69, 9.17) is 11.6 Å². The van der Waals surface area contributed by atoms with E-state index in [0.717, 1.165) is 0 Å². The molecule has 96 valence electrons. The molecule has 0 atom stereocenters. The lowest BCUT2D eigenvalue weighted by Crippen LogP contribution is -2.18. The van der Waals surface area contributed by atoms with Crippen LogP contribution in [0.1, 0.15) is 12.0 Å². The Hall–Kier alpha value is -0.780. The van der Waals surface area contributed by atoms with E-state index in [2.05, 4.69) is 5.32 Å². The molecule has 0 spiro atoms. The normalized spacial score (nSPS) is 11.6. The summed E-state index contributed by atoms with van der Waals surface area (Å²) in [4.78, 5) is 0. The molecule has 1 rings (SSSR count). The predicted molar refractivity (Wildman–Crippen MR) is 69.2 cm³/mol. The van der Waals surface area contributed by atoms with Gasteiger partial charge in [-0.25, -0.2) is 8.42 Å². The molecule has 6 heteroatoms. The number of nitrogens with one attached hydrogen (secondary N) is 1. The summed E-state index contributed by atoms with van der Waals surface area (Å²) in [6.45, 7) is 0.993. The van der Waals surface area contributed by atoms with E-state index < -0.39 is 9.84 Å². The molecule has 0 aliphatic heterocycles. The van der Waals surface area contributed by atoms with Crippen LogP contribution in [0, 0.1) is 0 Å². The predicted octanol–water partition coefficient (Wildman–Crippen LogP) is 1.57. The molecule has 0 bridgehead atoms. The van der Waals surface area contributed by atoms with Gasteiger partial charge < -0.3 is 10.4 Å².